The first-order valence-electron chi connectivity index (χ1n) is 16.8. The zero-order valence-corrected chi connectivity index (χ0v) is 28.2. The molecule has 3 aromatic rings. The van der Waals surface area contributed by atoms with Gasteiger partial charge < -0.3 is 50.0 Å². The van der Waals surface area contributed by atoms with E-state index in [2.05, 4.69) is 0 Å². The molecule has 0 unspecified atom stereocenters. The fourth-order valence-corrected chi connectivity index (χ4v) is 6.51. The molecule has 52 heavy (non-hydrogen) atoms. The number of aromatic hydroxyl groups is 4. The lowest BCUT2D eigenvalue weighted by atomic mass is 9.78. The summed E-state index contributed by atoms with van der Waals surface area (Å²) in [5.41, 5.74) is -0.0440. The molecule has 2 aliphatic rings. The first-order chi connectivity index (χ1) is 24.9. The summed E-state index contributed by atoms with van der Waals surface area (Å²) in [6, 6.07) is 16.1. The Hall–Kier alpha value is -5.05. The molecule has 0 spiro atoms. The molecule has 5 rings (SSSR count). The third kappa shape index (κ3) is 9.43. The fraction of sp³-hybridized carbons (Fsp3) is 0.359. The van der Waals surface area contributed by atoms with E-state index in [0.29, 0.717) is 18.4 Å². The van der Waals surface area contributed by atoms with Crippen LogP contribution < -0.4 is 0 Å². The van der Waals surface area contributed by atoms with Gasteiger partial charge in [0.1, 0.15) is 18.8 Å². The van der Waals surface area contributed by atoms with Crippen LogP contribution in [-0.4, -0.2) is 96.5 Å². The molecule has 0 amide bonds. The van der Waals surface area contributed by atoms with Crippen LogP contribution in [-0.2, 0) is 41.6 Å². The fourth-order valence-electron chi connectivity index (χ4n) is 6.51. The van der Waals surface area contributed by atoms with Gasteiger partial charge in [-0.3, -0.25) is 9.59 Å². The Morgan fingerprint density at radius 3 is 2.33 bits per heavy atom. The summed E-state index contributed by atoms with van der Waals surface area (Å²) in [5.74, 6) is -4.33. The van der Waals surface area contributed by atoms with Crippen molar-refractivity contribution in [1.29, 1.82) is 0 Å². The average Bonchev–Trinajstić information content (AvgIpc) is 3.11. The van der Waals surface area contributed by atoms with Crippen LogP contribution in [0.2, 0.25) is 0 Å². The van der Waals surface area contributed by atoms with Crippen LogP contribution >= 0.6 is 0 Å². The molecule has 2 fully saturated rings. The van der Waals surface area contributed by atoms with Crippen LogP contribution in [0.3, 0.4) is 0 Å². The monoisotopic (exact) mass is 718 g/mol. The maximum atomic E-state index is 13.8. The molecule has 1 aliphatic carbocycles. The number of carboxylic acids is 1. The summed E-state index contributed by atoms with van der Waals surface area (Å²) in [5, 5.41) is 70.4. The number of carbonyl (C=O) groups is 3. The lowest BCUT2D eigenvalue weighted by molar-refractivity contribution is -0.230. The number of carbonyl (C=O) groups excluding carboxylic acids is 2. The summed E-state index contributed by atoms with van der Waals surface area (Å²) >= 11 is 0. The summed E-state index contributed by atoms with van der Waals surface area (Å²) < 4.78 is 18.2. The minimum absolute atomic E-state index is 0.152. The topological polar surface area (TPSA) is 221 Å². The molecular formula is C39H42O13. The molecule has 1 heterocycles. The molecule has 1 saturated heterocycles. The average molecular weight is 719 g/mol. The number of ketones is 2. The predicted octanol–water partition coefficient (Wildman–Crippen LogP) is 3.65. The van der Waals surface area contributed by atoms with E-state index in [-0.39, 0.29) is 48.0 Å². The van der Waals surface area contributed by atoms with Crippen molar-refractivity contribution in [3.05, 3.63) is 95.1 Å². The van der Waals surface area contributed by atoms with Gasteiger partial charge in [0, 0.05) is 12.8 Å². The van der Waals surface area contributed by atoms with Crippen LogP contribution in [0.4, 0.5) is 0 Å². The number of benzene rings is 3. The highest BCUT2D eigenvalue weighted by Gasteiger charge is 2.54. The van der Waals surface area contributed by atoms with Gasteiger partial charge in [-0.1, -0.05) is 48.6 Å². The van der Waals surface area contributed by atoms with Gasteiger partial charge in [-0.2, -0.15) is 0 Å². The second-order valence-electron chi connectivity index (χ2n) is 13.1. The minimum Gasteiger partial charge on any atom is -0.504 e. The largest absolute Gasteiger partial charge is 0.504 e. The first kappa shape index (κ1) is 38.2. The van der Waals surface area contributed by atoms with Gasteiger partial charge in [-0.25, -0.2) is 4.79 Å². The molecule has 13 nitrogen and oxygen atoms in total. The van der Waals surface area contributed by atoms with Gasteiger partial charge in [0.05, 0.1) is 25.4 Å². The van der Waals surface area contributed by atoms with E-state index in [1.54, 1.807) is 0 Å². The molecule has 1 aliphatic heterocycles. The number of hydrogen-bond donors (Lipinski definition) is 7. The number of hydrogen-bond acceptors (Lipinski definition) is 12. The zero-order chi connectivity index (χ0) is 37.4. The summed E-state index contributed by atoms with van der Waals surface area (Å²) in [4.78, 5) is 39.2. The van der Waals surface area contributed by atoms with E-state index < -0.39 is 78.7 Å². The predicted molar refractivity (Wildman–Crippen MR) is 186 cm³/mol. The molecule has 0 radical (unpaired) electrons. The molecule has 3 aromatic carbocycles. The van der Waals surface area contributed by atoms with E-state index in [4.69, 9.17) is 14.2 Å². The van der Waals surface area contributed by atoms with Crippen molar-refractivity contribution < 1.29 is 64.3 Å². The van der Waals surface area contributed by atoms with E-state index >= 15 is 0 Å². The van der Waals surface area contributed by atoms with Crippen molar-refractivity contribution in [2.24, 2.45) is 5.92 Å². The van der Waals surface area contributed by atoms with Crippen molar-refractivity contribution in [3.8, 4) is 23.0 Å². The number of carboxylic acid groups (broad SMARTS) is 1. The molecular weight excluding hydrogens is 676 g/mol. The van der Waals surface area contributed by atoms with Crippen LogP contribution in [0.15, 0.2) is 72.8 Å². The van der Waals surface area contributed by atoms with Crippen LogP contribution in [0.25, 0.3) is 12.2 Å². The number of fused-ring (bicyclic) bond motifs is 1. The zero-order valence-electron chi connectivity index (χ0n) is 28.2. The quantitative estimate of drug-likeness (QED) is 0.0993. The third-order valence-electron chi connectivity index (χ3n) is 9.40. The van der Waals surface area contributed by atoms with Crippen molar-refractivity contribution in [3.63, 3.8) is 0 Å². The van der Waals surface area contributed by atoms with Crippen LogP contribution in [0, 0.1) is 5.92 Å². The molecule has 0 aromatic heterocycles. The van der Waals surface area contributed by atoms with E-state index in [0.717, 1.165) is 11.6 Å². The van der Waals surface area contributed by atoms with Gasteiger partial charge in [0.25, 0.3) is 0 Å². The van der Waals surface area contributed by atoms with Crippen LogP contribution in [0.5, 0.6) is 23.0 Å². The standard InChI is InChI=1S/C39H42O13/c40-20-27-17-33(46)32(45)16-26(27)10-13-30(43)35-15-25(7-6-23-4-2-1-3-5-23)21-50-37-34(47)18-39(38(48)49,19-36(37)52-35)51-22-28(41)11-8-24-9-12-29(42)31(44)14-24/h1-5,8-14,16-17,25,34-37,40,42,44-47H,6-7,15,18-22H2,(H,48,49)/t25-,34+,35-,36-,37+,39-/m0/s1. The van der Waals surface area contributed by atoms with Gasteiger partial charge in [-0.05, 0) is 83.9 Å². The van der Waals surface area contributed by atoms with Gasteiger partial charge in [0.15, 0.2) is 40.2 Å². The lowest BCUT2D eigenvalue weighted by Gasteiger charge is -2.46. The Labute approximate surface area is 299 Å². The number of rotatable bonds is 13. The number of aryl methyl sites for hydroxylation is 1. The van der Waals surface area contributed by atoms with Crippen molar-refractivity contribution in [2.75, 3.05) is 13.2 Å². The highest BCUT2D eigenvalue weighted by Crippen LogP contribution is 2.39. The van der Waals surface area contributed by atoms with E-state index in [9.17, 15) is 50.1 Å². The number of phenolic OH excluding ortho intramolecular Hbond substituents is 4. The first-order valence-corrected chi connectivity index (χ1v) is 16.8. The molecule has 6 atom stereocenters. The Kier molecular flexibility index (Phi) is 12.5. The lowest BCUT2D eigenvalue weighted by Crippen LogP contribution is -2.60. The second kappa shape index (κ2) is 17.0. The number of aliphatic hydroxyl groups is 2. The molecule has 1 saturated carbocycles. The number of aliphatic hydroxyl groups excluding tert-OH is 2. The van der Waals surface area contributed by atoms with Gasteiger partial charge >= 0.3 is 5.97 Å². The van der Waals surface area contributed by atoms with Crippen LogP contribution in [0.1, 0.15) is 47.9 Å². The Bertz CT molecular complexity index is 1800. The molecule has 13 heteroatoms. The number of ether oxygens (including phenoxy) is 3. The highest BCUT2D eigenvalue weighted by atomic mass is 16.6. The van der Waals surface area contributed by atoms with E-state index in [1.165, 1.54) is 48.6 Å². The SMILES string of the molecule is O=C(C=Cc1ccc(O)c(O)c1)CO[C@@]1(C(=O)O)C[C@@H](O)[C@H]2OC[C@@H](CCc3ccccc3)C[C@@H](C(=O)C=Cc3cc(O)c(O)cc3CO)O[C@H]2C1. The smallest absolute Gasteiger partial charge is 0.336 e. The minimum atomic E-state index is -2.07. The number of aliphatic carboxylic acids is 1. The molecule has 0 bridgehead atoms. The molecule has 7 N–H and O–H groups in total. The Morgan fingerprint density at radius 1 is 0.885 bits per heavy atom. The van der Waals surface area contributed by atoms with E-state index in [1.807, 2.05) is 30.3 Å². The highest BCUT2D eigenvalue weighted by molar-refractivity contribution is 5.97. The van der Waals surface area contributed by atoms with Gasteiger partial charge in [-0.15, -0.1) is 0 Å². The summed E-state index contributed by atoms with van der Waals surface area (Å²) in [6.07, 6.45) is 1.16. The Morgan fingerprint density at radius 2 is 1.62 bits per heavy atom. The van der Waals surface area contributed by atoms with Crippen molar-refractivity contribution >= 4 is 29.7 Å². The van der Waals surface area contributed by atoms with Crippen molar-refractivity contribution in [1.82, 2.24) is 0 Å². The van der Waals surface area contributed by atoms with Gasteiger partial charge in [0.2, 0.25) is 0 Å². The maximum absolute atomic E-state index is 13.8. The summed E-state index contributed by atoms with van der Waals surface area (Å²) in [6.45, 7) is -0.991. The maximum Gasteiger partial charge on any atom is 0.336 e. The summed E-state index contributed by atoms with van der Waals surface area (Å²) in [7, 11) is 0. The molecule has 276 valence electrons. The van der Waals surface area contributed by atoms with Crippen molar-refractivity contribution in [2.45, 2.75) is 68.7 Å². The third-order valence-corrected chi connectivity index (χ3v) is 9.40. The normalized spacial score (nSPS) is 25.0. The second-order valence-corrected chi connectivity index (χ2v) is 13.1. The Balaban J connectivity index is 1.36. The number of phenols is 4.